The number of nitrogens with zero attached hydrogens (tertiary/aromatic N) is 1. The van der Waals surface area contributed by atoms with Crippen molar-refractivity contribution in [1.82, 2.24) is 0 Å². The molecule has 1 heteroatoms. The van der Waals surface area contributed by atoms with Gasteiger partial charge in [0.25, 0.3) is 0 Å². The lowest BCUT2D eigenvalue weighted by atomic mass is 9.95. The number of fused-ring (bicyclic) bond motifs is 1. The molecule has 0 aliphatic heterocycles. The lowest BCUT2D eigenvalue weighted by molar-refractivity contribution is 1.28. The van der Waals surface area contributed by atoms with Crippen molar-refractivity contribution in [3.05, 3.63) is 248 Å². The molecule has 0 atom stereocenters. The molecule has 0 aliphatic carbocycles. The minimum atomic E-state index is -0.675. The average Bonchev–Trinajstić information content (AvgIpc) is 3.40. The lowest BCUT2D eigenvalue weighted by Crippen LogP contribution is -2.09. The minimum Gasteiger partial charge on any atom is -0.311 e. The first-order valence-corrected chi connectivity index (χ1v) is 19.3. The molecule has 0 fully saturated rings. The highest BCUT2D eigenvalue weighted by Crippen LogP contribution is 2.39. The zero-order valence-corrected chi connectivity index (χ0v) is 31.7. The second-order valence-electron chi connectivity index (χ2n) is 14.0. The molecular formula is C58H41N. The van der Waals surface area contributed by atoms with Crippen LogP contribution in [0.15, 0.2) is 248 Å². The van der Waals surface area contributed by atoms with Gasteiger partial charge in [-0.25, -0.2) is 0 Å². The van der Waals surface area contributed by atoms with Crippen molar-refractivity contribution < 1.29 is 16.4 Å². The fourth-order valence-electron chi connectivity index (χ4n) is 7.26. The maximum absolute atomic E-state index is 9.65. The van der Waals surface area contributed by atoms with E-state index in [9.17, 15) is 16.4 Å². The summed E-state index contributed by atoms with van der Waals surface area (Å²) in [5.74, 6) is 0. The van der Waals surface area contributed by atoms with Gasteiger partial charge in [-0.3, -0.25) is 0 Å². The highest BCUT2D eigenvalue weighted by Gasteiger charge is 2.15. The molecule has 0 unspecified atom stereocenters. The second kappa shape index (κ2) is 16.0. The van der Waals surface area contributed by atoms with Crippen LogP contribution in [-0.4, -0.2) is 0 Å². The number of benzene rings is 10. The van der Waals surface area contributed by atoms with Gasteiger partial charge in [0.2, 0.25) is 0 Å². The highest BCUT2D eigenvalue weighted by atomic mass is 15.1. The molecule has 0 amide bonds. The Kier molecular flexibility index (Phi) is 6.73. The number of rotatable bonds is 9. The van der Waals surface area contributed by atoms with Crippen LogP contribution >= 0.6 is 0 Å². The first-order valence-electron chi connectivity index (χ1n) is 25.3. The van der Waals surface area contributed by atoms with Gasteiger partial charge in [-0.2, -0.15) is 0 Å². The smallest absolute Gasteiger partial charge is 0.0645 e. The SMILES string of the molecule is [2H]c1c([2H])c(N(c2c([2H])c([2H])c(-c3ccc(-c4ccccc4)cc3)c([2H])c2[2H])c2c([2H])c([2H])c(-c3cccc(-c4cccc5ccccc45)c3)c([2H])c2[2H])c([2H])c([2H])c1-c1ccc(-c2ccccc2)cc1. The van der Waals surface area contributed by atoms with E-state index in [2.05, 4.69) is 0 Å². The number of hydrogen-bond donors (Lipinski definition) is 0. The summed E-state index contributed by atoms with van der Waals surface area (Å²) >= 11 is 0. The van der Waals surface area contributed by atoms with Crippen molar-refractivity contribution in [3.8, 4) is 66.8 Å². The van der Waals surface area contributed by atoms with Gasteiger partial charge < -0.3 is 4.90 Å². The number of anilines is 3. The van der Waals surface area contributed by atoms with Crippen molar-refractivity contribution >= 4 is 27.8 Å². The molecular weight excluding hydrogens is 711 g/mol. The van der Waals surface area contributed by atoms with E-state index in [0.29, 0.717) is 16.7 Å². The molecule has 0 bridgehead atoms. The van der Waals surface area contributed by atoms with Crippen LogP contribution in [0.25, 0.3) is 77.5 Å². The maximum Gasteiger partial charge on any atom is 0.0645 e. The van der Waals surface area contributed by atoms with Gasteiger partial charge in [-0.15, -0.1) is 0 Å². The maximum atomic E-state index is 9.65. The Morgan fingerprint density at radius 1 is 0.254 bits per heavy atom. The van der Waals surface area contributed by atoms with Crippen LogP contribution in [-0.2, 0) is 0 Å². The Morgan fingerprint density at radius 2 is 0.593 bits per heavy atom. The van der Waals surface area contributed by atoms with E-state index in [1.807, 2.05) is 133 Å². The van der Waals surface area contributed by atoms with E-state index < -0.39 is 89.6 Å². The van der Waals surface area contributed by atoms with Gasteiger partial charge in [0.15, 0.2) is 0 Å². The van der Waals surface area contributed by atoms with Gasteiger partial charge in [-0.1, -0.05) is 206 Å². The summed E-state index contributed by atoms with van der Waals surface area (Å²) in [6, 6.07) is 46.9. The third-order valence-corrected chi connectivity index (χ3v) is 10.3. The molecule has 278 valence electrons. The summed E-state index contributed by atoms with van der Waals surface area (Å²) in [4.78, 5) is 0.850. The van der Waals surface area contributed by atoms with Crippen molar-refractivity contribution in [3.63, 3.8) is 0 Å². The van der Waals surface area contributed by atoms with Crippen molar-refractivity contribution in [2.75, 3.05) is 4.90 Å². The van der Waals surface area contributed by atoms with Crippen molar-refractivity contribution in [2.45, 2.75) is 0 Å². The molecule has 10 aromatic rings. The molecule has 0 aromatic heterocycles. The van der Waals surface area contributed by atoms with Gasteiger partial charge in [0, 0.05) is 17.1 Å². The van der Waals surface area contributed by atoms with Crippen LogP contribution in [0.5, 0.6) is 0 Å². The van der Waals surface area contributed by atoms with Crippen molar-refractivity contribution in [2.24, 2.45) is 0 Å². The fourth-order valence-corrected chi connectivity index (χ4v) is 7.26. The normalized spacial score (nSPS) is 13.9. The topological polar surface area (TPSA) is 3.24 Å². The summed E-state index contributed by atoms with van der Waals surface area (Å²) in [5.41, 5.74) is 4.40. The molecule has 0 spiro atoms. The predicted octanol–water partition coefficient (Wildman–Crippen LogP) is 16.3. The van der Waals surface area contributed by atoms with Crippen molar-refractivity contribution in [1.29, 1.82) is 0 Å². The Hall–Kier alpha value is -7.74. The first kappa shape index (κ1) is 24.8. The summed E-state index contributed by atoms with van der Waals surface area (Å²) in [5, 5.41) is 1.98. The Balaban J connectivity index is 1.18. The monoisotopic (exact) mass is 763 g/mol. The van der Waals surface area contributed by atoms with Crippen LogP contribution < -0.4 is 4.90 Å². The third kappa shape index (κ3) is 7.46. The highest BCUT2D eigenvalue weighted by molar-refractivity contribution is 5.97. The first-order chi connectivity index (χ1) is 34.3. The predicted molar refractivity (Wildman–Crippen MR) is 251 cm³/mol. The Morgan fingerprint density at radius 3 is 1.08 bits per heavy atom. The van der Waals surface area contributed by atoms with Gasteiger partial charge in [0.1, 0.15) is 0 Å². The standard InChI is InChI=1S/C58H41N/c1-3-11-42(12-4-1)44-21-25-46(26-22-44)48-29-35-54(36-30-48)59(55-37-31-49(32-38-55)47-27-23-45(24-28-47)43-13-5-2-6-14-43)56-39-33-50(34-40-56)52-17-9-18-53(41-52)58-20-10-16-51-15-7-8-19-57(51)58/h1-41H/i29D,30D,31D,32D,33D,34D,35D,36D,37D,38D,39D,40D. The van der Waals surface area contributed by atoms with Gasteiger partial charge in [0.05, 0.1) is 16.4 Å². The van der Waals surface area contributed by atoms with Crippen LogP contribution in [0.3, 0.4) is 0 Å². The third-order valence-electron chi connectivity index (χ3n) is 10.3. The lowest BCUT2D eigenvalue weighted by Gasteiger charge is -2.26. The van der Waals surface area contributed by atoms with Crippen LogP contribution in [0.1, 0.15) is 16.4 Å². The van der Waals surface area contributed by atoms with Crippen LogP contribution in [0, 0.1) is 0 Å². The molecule has 1 nitrogen and oxygen atoms in total. The van der Waals surface area contributed by atoms with Gasteiger partial charge >= 0.3 is 0 Å². The van der Waals surface area contributed by atoms with E-state index in [1.165, 1.54) is 0 Å². The molecule has 0 radical (unpaired) electrons. The van der Waals surface area contributed by atoms with Gasteiger partial charge in [-0.05, 0) is 120 Å². The molecule has 0 N–H and O–H groups in total. The summed E-state index contributed by atoms with van der Waals surface area (Å²) in [7, 11) is 0. The van der Waals surface area contributed by atoms with E-state index in [0.717, 1.165) is 49.1 Å². The largest absolute Gasteiger partial charge is 0.311 e. The van der Waals surface area contributed by atoms with E-state index in [4.69, 9.17) is 0 Å². The summed E-state index contributed by atoms with van der Waals surface area (Å²) in [6.07, 6.45) is 0. The summed E-state index contributed by atoms with van der Waals surface area (Å²) < 4.78 is 114. The zero-order valence-electron chi connectivity index (χ0n) is 43.7. The molecule has 59 heavy (non-hydrogen) atoms. The molecule has 0 heterocycles. The molecule has 0 saturated carbocycles. The van der Waals surface area contributed by atoms with E-state index >= 15 is 0 Å². The second-order valence-corrected chi connectivity index (χ2v) is 14.0. The Bertz CT molecular complexity index is 3470. The molecule has 10 aromatic carbocycles. The fraction of sp³-hybridized carbons (Fsp3) is 0. The number of hydrogen-bond acceptors (Lipinski definition) is 1. The summed E-state index contributed by atoms with van der Waals surface area (Å²) in [6.45, 7) is 0. The van der Waals surface area contributed by atoms with Crippen LogP contribution in [0.2, 0.25) is 0 Å². The minimum absolute atomic E-state index is 0.0573. The Labute approximate surface area is 363 Å². The zero-order chi connectivity index (χ0) is 49.8. The van der Waals surface area contributed by atoms with E-state index in [1.54, 1.807) is 42.5 Å². The quantitative estimate of drug-likeness (QED) is 0.142. The molecule has 10 rings (SSSR count). The molecule has 0 aliphatic rings. The van der Waals surface area contributed by atoms with Crippen LogP contribution in [0.4, 0.5) is 17.1 Å². The molecule has 0 saturated heterocycles. The average molecular weight is 764 g/mol. The van der Waals surface area contributed by atoms with E-state index in [-0.39, 0.29) is 16.7 Å².